The van der Waals surface area contributed by atoms with Gasteiger partial charge in [0.15, 0.2) is 0 Å². The minimum atomic E-state index is -0.135. The highest BCUT2D eigenvalue weighted by atomic mass is 32.1. The number of carbonyl (C=O) groups excluding carboxylic acids is 2. The van der Waals surface area contributed by atoms with Crippen molar-refractivity contribution in [3.63, 3.8) is 0 Å². The summed E-state index contributed by atoms with van der Waals surface area (Å²) in [5.41, 5.74) is 6.67. The Bertz CT molecular complexity index is 1280. The Hall–Kier alpha value is -3.64. The Morgan fingerprint density at radius 3 is 2.31 bits per heavy atom. The first-order valence-electron chi connectivity index (χ1n) is 12.3. The SMILES string of the molecule is C=C/C(=C\NC)c1ccc(C2CCN(C(=O)c3ccc(C)c(NC(=O)c4sccc4C)c3)CC2)cc1. The Labute approximate surface area is 217 Å². The highest BCUT2D eigenvalue weighted by molar-refractivity contribution is 7.12. The Morgan fingerprint density at radius 1 is 1.00 bits per heavy atom. The number of likely N-dealkylation sites (tertiary alicyclic amines) is 1. The van der Waals surface area contributed by atoms with Crippen molar-refractivity contribution in [2.45, 2.75) is 32.6 Å². The number of rotatable bonds is 7. The predicted octanol–water partition coefficient (Wildman–Crippen LogP) is 6.38. The van der Waals surface area contributed by atoms with E-state index < -0.39 is 0 Å². The van der Waals surface area contributed by atoms with Gasteiger partial charge in [-0.3, -0.25) is 9.59 Å². The normalized spacial score (nSPS) is 14.4. The summed E-state index contributed by atoms with van der Waals surface area (Å²) in [5.74, 6) is 0.314. The number of thiophene rings is 1. The molecule has 0 bridgehead atoms. The number of allylic oxidation sites excluding steroid dienone is 2. The molecule has 2 N–H and O–H groups in total. The van der Waals surface area contributed by atoms with Crippen LogP contribution in [0, 0.1) is 13.8 Å². The van der Waals surface area contributed by atoms with Gasteiger partial charge in [0, 0.05) is 37.6 Å². The maximum Gasteiger partial charge on any atom is 0.266 e. The van der Waals surface area contributed by atoms with Gasteiger partial charge < -0.3 is 15.5 Å². The molecule has 36 heavy (non-hydrogen) atoms. The highest BCUT2D eigenvalue weighted by Gasteiger charge is 2.25. The third-order valence-electron chi connectivity index (χ3n) is 6.82. The fourth-order valence-corrected chi connectivity index (χ4v) is 5.46. The van der Waals surface area contributed by atoms with Gasteiger partial charge in [0.05, 0.1) is 4.88 Å². The molecule has 186 valence electrons. The molecule has 2 heterocycles. The molecular weight excluding hydrogens is 466 g/mol. The first-order chi connectivity index (χ1) is 17.4. The van der Waals surface area contributed by atoms with Gasteiger partial charge in [0.2, 0.25) is 0 Å². The van der Waals surface area contributed by atoms with E-state index in [-0.39, 0.29) is 11.8 Å². The minimum absolute atomic E-state index is 0.0134. The molecule has 0 atom stereocenters. The van der Waals surface area contributed by atoms with Crippen molar-refractivity contribution >= 4 is 34.4 Å². The molecule has 1 aromatic heterocycles. The Morgan fingerprint density at radius 2 is 1.69 bits per heavy atom. The van der Waals surface area contributed by atoms with Gasteiger partial charge in [0.25, 0.3) is 11.8 Å². The lowest BCUT2D eigenvalue weighted by atomic mass is 9.88. The molecular formula is C30H33N3O2S. The fraction of sp³-hybridized carbons (Fsp3) is 0.267. The van der Waals surface area contributed by atoms with Gasteiger partial charge in [-0.2, -0.15) is 0 Å². The number of benzene rings is 2. The zero-order valence-corrected chi connectivity index (χ0v) is 22.0. The number of hydrogen-bond donors (Lipinski definition) is 2. The van der Waals surface area contributed by atoms with Crippen molar-refractivity contribution in [2.75, 3.05) is 25.5 Å². The van der Waals surface area contributed by atoms with Crippen LogP contribution in [-0.2, 0) is 0 Å². The lowest BCUT2D eigenvalue weighted by Crippen LogP contribution is -2.38. The summed E-state index contributed by atoms with van der Waals surface area (Å²) in [6.07, 6.45) is 5.65. The van der Waals surface area contributed by atoms with E-state index in [1.165, 1.54) is 16.9 Å². The zero-order valence-electron chi connectivity index (χ0n) is 21.1. The number of aryl methyl sites for hydroxylation is 2. The minimum Gasteiger partial charge on any atom is -0.393 e. The third kappa shape index (κ3) is 5.60. The number of nitrogens with zero attached hydrogens (tertiary/aromatic N) is 1. The van der Waals surface area contributed by atoms with Crippen LogP contribution in [0.15, 0.2) is 72.8 Å². The second kappa shape index (κ2) is 11.4. The quantitative estimate of drug-likeness (QED) is 0.371. The van der Waals surface area contributed by atoms with Crippen molar-refractivity contribution in [1.82, 2.24) is 10.2 Å². The standard InChI is InChI=1S/C30H33N3O2S/c1-5-22(19-31-4)23-8-10-24(11-9-23)25-12-15-33(16-13-25)30(35)26-7-6-20(2)27(18-26)32-29(34)28-21(3)14-17-36-28/h5-11,14,17-19,25,31H,1,12-13,15-16H2,2-4H3,(H,32,34)/b22-19+. The van der Waals surface area contributed by atoms with E-state index in [9.17, 15) is 9.59 Å². The first kappa shape index (κ1) is 25.5. The van der Waals surface area contributed by atoms with Gasteiger partial charge in [-0.05, 0) is 84.0 Å². The molecule has 0 spiro atoms. The lowest BCUT2D eigenvalue weighted by Gasteiger charge is -2.32. The first-order valence-corrected chi connectivity index (χ1v) is 13.1. The topological polar surface area (TPSA) is 61.4 Å². The van der Waals surface area contributed by atoms with Crippen molar-refractivity contribution in [1.29, 1.82) is 0 Å². The van der Waals surface area contributed by atoms with Crippen LogP contribution >= 0.6 is 11.3 Å². The van der Waals surface area contributed by atoms with E-state index >= 15 is 0 Å². The van der Waals surface area contributed by atoms with Crippen LogP contribution in [0.1, 0.15) is 61.0 Å². The predicted molar refractivity (Wildman–Crippen MR) is 150 cm³/mol. The maximum atomic E-state index is 13.3. The number of nitrogens with one attached hydrogen (secondary N) is 2. The summed E-state index contributed by atoms with van der Waals surface area (Å²) in [5, 5.41) is 7.96. The molecule has 1 fully saturated rings. The van der Waals surface area contributed by atoms with Crippen LogP contribution in [0.5, 0.6) is 0 Å². The number of carbonyl (C=O) groups is 2. The van der Waals surface area contributed by atoms with Gasteiger partial charge >= 0.3 is 0 Å². The van der Waals surface area contributed by atoms with E-state index in [1.807, 2.05) is 61.7 Å². The molecule has 2 aromatic carbocycles. The molecule has 4 rings (SSSR count). The molecule has 0 unspecified atom stereocenters. The van der Waals surface area contributed by atoms with Crippen molar-refractivity contribution in [3.8, 4) is 0 Å². The van der Waals surface area contributed by atoms with Crippen LogP contribution in [0.25, 0.3) is 5.57 Å². The Kier molecular flexibility index (Phi) is 8.06. The van der Waals surface area contributed by atoms with Crippen LogP contribution in [-0.4, -0.2) is 36.9 Å². The second-order valence-corrected chi connectivity index (χ2v) is 10.1. The van der Waals surface area contributed by atoms with Crippen molar-refractivity contribution in [3.05, 3.63) is 105 Å². The molecule has 2 amide bonds. The van der Waals surface area contributed by atoms with E-state index in [0.717, 1.165) is 35.1 Å². The number of amides is 2. The summed E-state index contributed by atoms with van der Waals surface area (Å²) >= 11 is 1.42. The second-order valence-electron chi connectivity index (χ2n) is 9.20. The number of hydrogen-bond acceptors (Lipinski definition) is 4. The van der Waals surface area contributed by atoms with Crippen LogP contribution in [0.4, 0.5) is 5.69 Å². The van der Waals surface area contributed by atoms with Crippen LogP contribution in [0.3, 0.4) is 0 Å². The van der Waals surface area contributed by atoms with E-state index in [2.05, 4.69) is 41.5 Å². The van der Waals surface area contributed by atoms with Crippen molar-refractivity contribution in [2.24, 2.45) is 0 Å². The summed E-state index contributed by atoms with van der Waals surface area (Å²) in [6.45, 7) is 9.19. The molecule has 1 aliphatic rings. The molecule has 0 radical (unpaired) electrons. The zero-order chi connectivity index (χ0) is 25.7. The third-order valence-corrected chi connectivity index (χ3v) is 7.83. The molecule has 0 aliphatic carbocycles. The smallest absolute Gasteiger partial charge is 0.266 e. The largest absolute Gasteiger partial charge is 0.393 e. The van der Waals surface area contributed by atoms with E-state index in [0.29, 0.717) is 35.1 Å². The van der Waals surface area contributed by atoms with Gasteiger partial charge in [-0.25, -0.2) is 0 Å². The molecule has 1 saturated heterocycles. The highest BCUT2D eigenvalue weighted by Crippen LogP contribution is 2.30. The average molecular weight is 500 g/mol. The summed E-state index contributed by atoms with van der Waals surface area (Å²) in [4.78, 5) is 28.6. The molecule has 3 aromatic rings. The molecule has 0 saturated carbocycles. The summed E-state index contributed by atoms with van der Waals surface area (Å²) in [7, 11) is 1.88. The van der Waals surface area contributed by atoms with Crippen LogP contribution < -0.4 is 10.6 Å². The average Bonchev–Trinajstić information content (AvgIpc) is 3.34. The summed E-state index contributed by atoms with van der Waals surface area (Å²) in [6, 6.07) is 16.1. The number of anilines is 1. The van der Waals surface area contributed by atoms with E-state index in [1.54, 1.807) is 6.07 Å². The lowest BCUT2D eigenvalue weighted by molar-refractivity contribution is 0.0712. The fourth-order valence-electron chi connectivity index (χ4n) is 4.64. The maximum absolute atomic E-state index is 13.3. The molecule has 6 heteroatoms. The van der Waals surface area contributed by atoms with Gasteiger partial charge in [-0.15, -0.1) is 11.3 Å². The monoisotopic (exact) mass is 499 g/mol. The van der Waals surface area contributed by atoms with Gasteiger partial charge in [-0.1, -0.05) is 43.0 Å². The van der Waals surface area contributed by atoms with Crippen molar-refractivity contribution < 1.29 is 9.59 Å². The number of piperidine rings is 1. The van der Waals surface area contributed by atoms with Gasteiger partial charge in [0.1, 0.15) is 0 Å². The molecule has 1 aliphatic heterocycles. The van der Waals surface area contributed by atoms with E-state index in [4.69, 9.17) is 0 Å². The Balaban J connectivity index is 1.39. The molecule has 5 nitrogen and oxygen atoms in total. The van der Waals surface area contributed by atoms with Crippen LogP contribution in [0.2, 0.25) is 0 Å². The summed E-state index contributed by atoms with van der Waals surface area (Å²) < 4.78 is 0.